The van der Waals surface area contributed by atoms with Gasteiger partial charge in [0.25, 0.3) is 0 Å². The Morgan fingerprint density at radius 3 is 2.52 bits per heavy atom. The van der Waals surface area contributed by atoms with Crippen molar-refractivity contribution in [3.05, 3.63) is 0 Å². The number of nitrogens with zero attached hydrogens (tertiary/aromatic N) is 4. The number of aliphatic imine (C=N–C) groups is 1. The molecule has 3 aliphatic rings. The van der Waals surface area contributed by atoms with Crippen molar-refractivity contribution in [3.63, 3.8) is 0 Å². The van der Waals surface area contributed by atoms with Crippen LogP contribution in [-0.2, 0) is 14.8 Å². The molecule has 0 bridgehead atoms. The van der Waals surface area contributed by atoms with Crippen molar-refractivity contribution in [2.24, 2.45) is 10.9 Å². The fourth-order valence-electron chi connectivity index (χ4n) is 4.23. The molecule has 1 N–H and O–H groups in total. The van der Waals surface area contributed by atoms with Crippen molar-refractivity contribution in [1.29, 1.82) is 0 Å². The third kappa shape index (κ3) is 6.41. The minimum atomic E-state index is -3.13. The number of nitrogens with one attached hydrogen (secondary N) is 1. The molecule has 3 saturated heterocycles. The first-order valence-electron chi connectivity index (χ1n) is 9.70. The topological polar surface area (TPSA) is 77.5 Å². The number of guanidine groups is 1. The van der Waals surface area contributed by atoms with Crippen LogP contribution in [0.5, 0.6) is 0 Å². The highest BCUT2D eigenvalue weighted by Crippen LogP contribution is 2.20. The normalized spacial score (nSPS) is 28.4. The molecule has 0 aromatic rings. The Morgan fingerprint density at radius 2 is 1.93 bits per heavy atom. The van der Waals surface area contributed by atoms with E-state index >= 15 is 0 Å². The molecule has 0 aromatic heterocycles. The van der Waals surface area contributed by atoms with Crippen molar-refractivity contribution >= 4 is 40.0 Å². The molecule has 0 radical (unpaired) electrons. The molecule has 0 aliphatic carbocycles. The highest BCUT2D eigenvalue weighted by molar-refractivity contribution is 14.0. The Morgan fingerprint density at radius 1 is 1.19 bits per heavy atom. The van der Waals surface area contributed by atoms with Crippen LogP contribution in [-0.4, -0.2) is 107 Å². The first-order chi connectivity index (χ1) is 12.5. The Labute approximate surface area is 180 Å². The van der Waals surface area contributed by atoms with Gasteiger partial charge in [-0.3, -0.25) is 9.89 Å². The monoisotopic (exact) mass is 515 g/mol. The number of sulfonamides is 1. The van der Waals surface area contributed by atoms with Gasteiger partial charge in [0, 0.05) is 65.5 Å². The van der Waals surface area contributed by atoms with E-state index in [1.54, 1.807) is 11.4 Å². The van der Waals surface area contributed by atoms with Crippen LogP contribution in [0.1, 0.15) is 19.3 Å². The summed E-state index contributed by atoms with van der Waals surface area (Å²) in [5.74, 6) is 1.57. The van der Waals surface area contributed by atoms with Crippen LogP contribution in [0.3, 0.4) is 0 Å². The van der Waals surface area contributed by atoms with Crippen molar-refractivity contribution in [2.45, 2.75) is 25.3 Å². The maximum absolute atomic E-state index is 11.9. The molecule has 3 fully saturated rings. The van der Waals surface area contributed by atoms with Crippen molar-refractivity contribution < 1.29 is 13.2 Å². The molecule has 158 valence electrons. The van der Waals surface area contributed by atoms with Gasteiger partial charge >= 0.3 is 0 Å². The standard InChI is InChI=1S/C17H33N5O3S.HI/c1-18-17(19-12-16-4-3-6-22(16)26(2,23)24)21-9-7-20(8-10-21)13-15-5-11-25-14-15;/h15-16H,3-14H2,1-2H3,(H,18,19);1H/t15?,16-;/m1./s1. The minimum absolute atomic E-state index is 0. The Balaban J connectivity index is 0.00000261. The second kappa shape index (κ2) is 10.6. The van der Waals surface area contributed by atoms with E-state index < -0.39 is 10.0 Å². The molecule has 27 heavy (non-hydrogen) atoms. The van der Waals surface area contributed by atoms with Gasteiger partial charge in [-0.25, -0.2) is 8.42 Å². The maximum Gasteiger partial charge on any atom is 0.211 e. The highest BCUT2D eigenvalue weighted by Gasteiger charge is 2.32. The number of hydrogen-bond acceptors (Lipinski definition) is 5. The zero-order valence-corrected chi connectivity index (χ0v) is 19.6. The first-order valence-corrected chi connectivity index (χ1v) is 11.5. The van der Waals surface area contributed by atoms with Crippen LogP contribution in [0.15, 0.2) is 4.99 Å². The summed E-state index contributed by atoms with van der Waals surface area (Å²) in [6, 6.07) is 0.0328. The van der Waals surface area contributed by atoms with E-state index in [0.717, 1.165) is 64.7 Å². The van der Waals surface area contributed by atoms with Crippen molar-refractivity contribution in [3.8, 4) is 0 Å². The van der Waals surface area contributed by atoms with Crippen LogP contribution < -0.4 is 5.32 Å². The smallest absolute Gasteiger partial charge is 0.211 e. The van der Waals surface area contributed by atoms with Crippen LogP contribution >= 0.6 is 24.0 Å². The van der Waals surface area contributed by atoms with Gasteiger partial charge in [0.1, 0.15) is 0 Å². The van der Waals surface area contributed by atoms with E-state index in [4.69, 9.17) is 4.74 Å². The van der Waals surface area contributed by atoms with E-state index in [1.807, 2.05) is 0 Å². The van der Waals surface area contributed by atoms with E-state index in [1.165, 1.54) is 12.7 Å². The summed E-state index contributed by atoms with van der Waals surface area (Å²) in [7, 11) is -1.33. The molecule has 3 aliphatic heterocycles. The van der Waals surface area contributed by atoms with E-state index in [-0.39, 0.29) is 30.0 Å². The molecule has 0 saturated carbocycles. The lowest BCUT2D eigenvalue weighted by atomic mass is 10.1. The predicted octanol–water partition coefficient (Wildman–Crippen LogP) is 0.258. The zero-order valence-electron chi connectivity index (χ0n) is 16.5. The highest BCUT2D eigenvalue weighted by atomic mass is 127. The Bertz CT molecular complexity index is 589. The van der Waals surface area contributed by atoms with Crippen molar-refractivity contribution in [1.82, 2.24) is 19.4 Å². The molecule has 1 unspecified atom stereocenters. The van der Waals surface area contributed by atoms with Gasteiger partial charge in [0.15, 0.2) is 5.96 Å². The van der Waals surface area contributed by atoms with Crippen LogP contribution in [0.2, 0.25) is 0 Å². The third-order valence-corrected chi connectivity index (χ3v) is 7.00. The number of rotatable bonds is 5. The average molecular weight is 515 g/mol. The minimum Gasteiger partial charge on any atom is -0.381 e. The number of halogens is 1. The number of piperazine rings is 1. The van der Waals surface area contributed by atoms with Gasteiger partial charge in [0.05, 0.1) is 12.9 Å². The largest absolute Gasteiger partial charge is 0.381 e. The summed E-state index contributed by atoms with van der Waals surface area (Å²) in [5, 5.41) is 3.40. The van der Waals surface area contributed by atoms with Gasteiger partial charge in [0.2, 0.25) is 10.0 Å². The zero-order chi connectivity index (χ0) is 18.6. The molecule has 0 aromatic carbocycles. The molecular weight excluding hydrogens is 481 g/mol. The Hall–Kier alpha value is -0.170. The summed E-state index contributed by atoms with van der Waals surface area (Å²) in [4.78, 5) is 9.21. The van der Waals surface area contributed by atoms with Gasteiger partial charge in [-0.2, -0.15) is 4.31 Å². The third-order valence-electron chi connectivity index (χ3n) is 5.67. The fourth-order valence-corrected chi connectivity index (χ4v) is 5.41. The summed E-state index contributed by atoms with van der Waals surface area (Å²) in [6.45, 7) is 8.18. The molecule has 0 amide bonds. The van der Waals surface area contributed by atoms with Crippen molar-refractivity contribution in [2.75, 3.05) is 72.3 Å². The maximum atomic E-state index is 11.9. The van der Waals surface area contributed by atoms with Crippen LogP contribution in [0.4, 0.5) is 0 Å². The second-order valence-corrected chi connectivity index (χ2v) is 9.55. The van der Waals surface area contributed by atoms with Crippen LogP contribution in [0, 0.1) is 5.92 Å². The summed E-state index contributed by atoms with van der Waals surface area (Å²) >= 11 is 0. The van der Waals surface area contributed by atoms with Gasteiger partial charge in [-0.1, -0.05) is 0 Å². The SMILES string of the molecule is CN=C(NC[C@H]1CCCN1S(C)(=O)=O)N1CCN(CC2CCOC2)CC1.I. The lowest BCUT2D eigenvalue weighted by Crippen LogP contribution is -2.54. The molecular formula is C17H34IN5O3S. The summed E-state index contributed by atoms with van der Waals surface area (Å²) < 4.78 is 30.9. The van der Waals surface area contributed by atoms with Gasteiger partial charge in [-0.15, -0.1) is 24.0 Å². The van der Waals surface area contributed by atoms with E-state index in [9.17, 15) is 8.42 Å². The van der Waals surface area contributed by atoms with Gasteiger partial charge in [-0.05, 0) is 25.2 Å². The lowest BCUT2D eigenvalue weighted by Gasteiger charge is -2.37. The fraction of sp³-hybridized carbons (Fsp3) is 0.941. The van der Waals surface area contributed by atoms with Gasteiger partial charge < -0.3 is 15.0 Å². The Kier molecular flexibility index (Phi) is 9.04. The molecule has 8 nitrogen and oxygen atoms in total. The molecule has 0 spiro atoms. The quantitative estimate of drug-likeness (QED) is 0.322. The molecule has 10 heteroatoms. The first kappa shape index (κ1) is 23.1. The summed E-state index contributed by atoms with van der Waals surface area (Å²) in [5.41, 5.74) is 0. The number of hydrogen-bond donors (Lipinski definition) is 1. The van der Waals surface area contributed by atoms with E-state index in [2.05, 4.69) is 20.1 Å². The molecule has 2 atom stereocenters. The van der Waals surface area contributed by atoms with Crippen LogP contribution in [0.25, 0.3) is 0 Å². The second-order valence-electron chi connectivity index (χ2n) is 7.62. The average Bonchev–Trinajstić information content (AvgIpc) is 3.28. The predicted molar refractivity (Wildman–Crippen MR) is 118 cm³/mol. The number of ether oxygens (including phenoxy) is 1. The summed E-state index contributed by atoms with van der Waals surface area (Å²) in [6.07, 6.45) is 4.33. The molecule has 3 heterocycles. The van der Waals surface area contributed by atoms with E-state index in [0.29, 0.717) is 19.0 Å². The lowest BCUT2D eigenvalue weighted by molar-refractivity contribution is 0.139. The molecule has 3 rings (SSSR count).